The number of anilines is 1. The van der Waals surface area contributed by atoms with Crippen LogP contribution in [0.2, 0.25) is 10.0 Å². The van der Waals surface area contributed by atoms with Crippen LogP contribution in [0, 0.1) is 40.7 Å². The predicted molar refractivity (Wildman–Crippen MR) is 327 cm³/mol. The van der Waals surface area contributed by atoms with Crippen LogP contribution < -0.4 is 31.3 Å². The first-order valence-corrected chi connectivity index (χ1v) is 30.2. The molecule has 4 unspecified atom stereocenters. The van der Waals surface area contributed by atoms with Gasteiger partial charge in [0, 0.05) is 54.2 Å². The van der Waals surface area contributed by atoms with Crippen molar-refractivity contribution in [3.8, 4) is 22.3 Å². The lowest BCUT2D eigenvalue weighted by atomic mass is 9.62. The molecule has 7 atom stereocenters. The molecule has 2 fully saturated rings. The molecule has 2 aliphatic heterocycles. The number of nitrogens with one attached hydrogen (secondary N) is 5. The number of hydrogen-bond donors (Lipinski definition) is 6. The van der Waals surface area contributed by atoms with E-state index in [1.807, 2.05) is 52.0 Å². The zero-order chi connectivity index (χ0) is 63.2. The number of aryl methyl sites for hydroxylation is 1. The van der Waals surface area contributed by atoms with Gasteiger partial charge in [0.25, 0.3) is 5.91 Å². The third-order valence-corrected chi connectivity index (χ3v) is 16.6. The monoisotopic (exact) mass is 1260 g/mol. The largest absolute Gasteiger partial charge is 0.495 e. The molecule has 7 rings (SSSR count). The molecule has 0 aliphatic carbocycles. The van der Waals surface area contributed by atoms with Crippen molar-refractivity contribution in [2.24, 2.45) is 10.8 Å². The van der Waals surface area contributed by atoms with E-state index < -0.39 is 93.6 Å². The van der Waals surface area contributed by atoms with Crippen molar-refractivity contribution in [3.05, 3.63) is 134 Å². The van der Waals surface area contributed by atoms with Gasteiger partial charge in [-0.15, -0.1) is 11.3 Å². The van der Waals surface area contributed by atoms with E-state index in [9.17, 15) is 34.3 Å². The number of carbonyl (C=O) groups is 5. The lowest BCUT2D eigenvalue weighted by molar-refractivity contribution is -0.144. The first-order valence-electron chi connectivity index (χ1n) is 28.6. The Labute approximate surface area is 520 Å². The molecule has 0 saturated carbocycles. The number of ether oxygens (including phenoxy) is 5. The van der Waals surface area contributed by atoms with Gasteiger partial charge in [0.2, 0.25) is 23.6 Å². The highest BCUT2D eigenvalue weighted by Crippen LogP contribution is 2.53. The summed E-state index contributed by atoms with van der Waals surface area (Å²) in [5.74, 6) is -5.36. The number of amides is 5. The van der Waals surface area contributed by atoms with E-state index in [1.54, 1.807) is 37.6 Å². The highest BCUT2D eigenvalue weighted by atomic mass is 35.5. The highest BCUT2D eigenvalue weighted by molar-refractivity contribution is 7.13. The molecule has 0 spiro atoms. The fourth-order valence-electron chi connectivity index (χ4n) is 10.8. The van der Waals surface area contributed by atoms with Crippen molar-refractivity contribution in [2.45, 2.75) is 109 Å². The average Bonchev–Trinajstić information content (AvgIpc) is 1.60. The third-order valence-electron chi connectivity index (χ3n) is 15.0. The molecular formula is C63H76Cl2F2N8O11S. The predicted octanol–water partition coefficient (Wildman–Crippen LogP) is 8.28. The van der Waals surface area contributed by atoms with E-state index in [2.05, 4.69) is 37.6 Å². The van der Waals surface area contributed by atoms with Crippen molar-refractivity contribution in [1.29, 1.82) is 5.26 Å². The maximum absolute atomic E-state index is 16.2. The number of halogens is 4. The van der Waals surface area contributed by atoms with Crippen LogP contribution in [0.3, 0.4) is 0 Å². The standard InChI is InChI=1S/C63H76Cl2F2N8O11S/c1-37-55(87-36-71-37)39-14-12-38(13-15-39)32-70-58(79)48-30-42(76)33-75(48)60(81)56(62(5,6)7)74-51(77)34-86-27-26-85-25-24-84-23-22-83-21-20-69-57(78)40-16-19-47(49(28-40)82-8)72-59(80)54-52(43-10-9-11-45(65)53(43)67)63(35-68,50(73-54)31-61(2,3)4)44-18-17-41(64)29-46(44)66/h9-19,28-29,36,42,48,50,52,54,56,73,76H,20-27,30-34H2,1-8H3,(H,69,78)(H,70,79)(H,72,80)(H,74,77)/t42-,48+,50?,52?,54?,56-,63?/m1/s1. The van der Waals surface area contributed by atoms with Crippen LogP contribution in [0.4, 0.5) is 14.5 Å². The zero-order valence-corrected chi connectivity index (χ0v) is 52.4. The molecule has 19 nitrogen and oxygen atoms in total. The van der Waals surface area contributed by atoms with Crippen molar-refractivity contribution < 1.29 is 61.5 Å². The molecule has 5 amide bonds. The van der Waals surface area contributed by atoms with Crippen molar-refractivity contribution in [3.63, 3.8) is 0 Å². The van der Waals surface area contributed by atoms with Gasteiger partial charge < -0.3 is 60.3 Å². The first-order chi connectivity index (χ1) is 41.4. The zero-order valence-electron chi connectivity index (χ0n) is 50.0. The number of carbonyl (C=O) groups excluding carboxylic acids is 5. The molecular weight excluding hydrogens is 1190 g/mol. The summed E-state index contributed by atoms with van der Waals surface area (Å²) in [5, 5.41) is 36.2. The Hall–Kier alpha value is -6.65. The van der Waals surface area contributed by atoms with Crippen LogP contribution in [-0.2, 0) is 50.1 Å². The van der Waals surface area contributed by atoms with E-state index >= 15 is 8.78 Å². The van der Waals surface area contributed by atoms with Crippen LogP contribution in [0.25, 0.3) is 10.4 Å². The summed E-state index contributed by atoms with van der Waals surface area (Å²) >= 11 is 14.0. The van der Waals surface area contributed by atoms with Gasteiger partial charge in [0.15, 0.2) is 0 Å². The van der Waals surface area contributed by atoms with Gasteiger partial charge >= 0.3 is 0 Å². The maximum atomic E-state index is 16.2. The fourth-order valence-corrected chi connectivity index (χ4v) is 12.0. The number of nitrogens with zero attached hydrogens (tertiary/aromatic N) is 3. The van der Waals surface area contributed by atoms with Crippen LogP contribution in [-0.4, -0.2) is 148 Å². The number of nitriles is 1. The summed E-state index contributed by atoms with van der Waals surface area (Å²) in [6.07, 6.45) is -0.565. The van der Waals surface area contributed by atoms with E-state index in [4.69, 9.17) is 46.9 Å². The van der Waals surface area contributed by atoms with E-state index in [0.29, 0.717) is 0 Å². The van der Waals surface area contributed by atoms with Crippen LogP contribution in [0.15, 0.2) is 84.4 Å². The molecule has 0 bridgehead atoms. The van der Waals surface area contributed by atoms with E-state index in [-0.39, 0.29) is 124 Å². The maximum Gasteiger partial charge on any atom is 0.251 e. The summed E-state index contributed by atoms with van der Waals surface area (Å²) in [6, 6.07) is 18.6. The Morgan fingerprint density at radius 3 is 2.18 bits per heavy atom. The number of rotatable bonds is 27. The van der Waals surface area contributed by atoms with E-state index in [1.165, 1.54) is 60.5 Å². The van der Waals surface area contributed by atoms with Gasteiger partial charge in [-0.05, 0) is 77.3 Å². The van der Waals surface area contributed by atoms with Gasteiger partial charge in [-0.3, -0.25) is 24.0 Å². The summed E-state index contributed by atoms with van der Waals surface area (Å²) in [5.41, 5.74) is 1.87. The molecule has 2 saturated heterocycles. The second-order valence-electron chi connectivity index (χ2n) is 23.7. The molecule has 6 N–H and O–H groups in total. The fraction of sp³-hybridized carbons (Fsp3) is 0.476. The molecule has 4 aromatic carbocycles. The Morgan fingerprint density at radius 2 is 1.56 bits per heavy atom. The SMILES string of the molecule is COc1cc(C(=O)NCCOCCOCCOCCOCC(=O)N[C@H](C(=O)N2C[C@H](O)C[C@H]2C(=O)NCc2ccc(-c3scnc3C)cc2)C(C)(C)C)ccc1NC(=O)C1NC(CC(C)(C)C)C(C#N)(c2ccc(Cl)cc2F)C1c1cccc(Cl)c1F. The van der Waals surface area contributed by atoms with Gasteiger partial charge in [-0.2, -0.15) is 5.26 Å². The van der Waals surface area contributed by atoms with Crippen molar-refractivity contribution >= 4 is 69.8 Å². The van der Waals surface area contributed by atoms with Crippen LogP contribution in [0.1, 0.15) is 93.0 Å². The van der Waals surface area contributed by atoms with Gasteiger partial charge in [-0.25, -0.2) is 13.8 Å². The number of β-amino-alcohol motifs (C(OH)–C–C–N with tert-alkyl or cyclic N) is 1. The average molecular weight is 1260 g/mol. The number of thiazole rings is 1. The Morgan fingerprint density at radius 1 is 0.885 bits per heavy atom. The number of methoxy groups -OCH3 is 1. The number of benzene rings is 4. The van der Waals surface area contributed by atoms with Gasteiger partial charge in [0.05, 0.1) is 98.4 Å². The molecule has 1 aromatic heterocycles. The first kappa shape index (κ1) is 67.9. The quantitative estimate of drug-likeness (QED) is 0.0271. The topological polar surface area (TPSA) is 252 Å². The number of hydrogen-bond acceptors (Lipinski definition) is 15. The molecule has 5 aromatic rings. The number of aromatic nitrogens is 1. The third kappa shape index (κ3) is 17.4. The number of likely N-dealkylation sites (tertiary alicyclic amines) is 1. The smallest absolute Gasteiger partial charge is 0.251 e. The Bertz CT molecular complexity index is 3270. The van der Waals surface area contributed by atoms with Crippen molar-refractivity contribution in [2.75, 3.05) is 78.4 Å². The minimum absolute atomic E-state index is 0.0514. The van der Waals surface area contributed by atoms with Gasteiger partial charge in [-0.1, -0.05) is 107 Å². The van der Waals surface area contributed by atoms with Crippen LogP contribution in [0.5, 0.6) is 5.75 Å². The Kier molecular flexibility index (Phi) is 23.8. The highest BCUT2D eigenvalue weighted by Gasteiger charge is 2.61. The molecule has 0 radical (unpaired) electrons. The summed E-state index contributed by atoms with van der Waals surface area (Å²) in [6.45, 7) is 14.5. The minimum Gasteiger partial charge on any atom is -0.495 e. The summed E-state index contributed by atoms with van der Waals surface area (Å²) in [4.78, 5) is 75.0. The second-order valence-corrected chi connectivity index (χ2v) is 25.4. The summed E-state index contributed by atoms with van der Waals surface area (Å²) < 4.78 is 60.1. The molecule has 24 heteroatoms. The number of aliphatic hydroxyl groups excluding tert-OH is 1. The lowest BCUT2D eigenvalue weighted by Crippen LogP contribution is -2.58. The second kappa shape index (κ2) is 30.5. The van der Waals surface area contributed by atoms with Crippen LogP contribution >= 0.6 is 34.5 Å². The van der Waals surface area contributed by atoms with Crippen molar-refractivity contribution in [1.82, 2.24) is 31.2 Å². The Balaban J connectivity index is 0.795. The van der Waals surface area contributed by atoms with Gasteiger partial charge in [0.1, 0.15) is 41.5 Å². The molecule has 468 valence electrons. The van der Waals surface area contributed by atoms with E-state index in [0.717, 1.165) is 27.8 Å². The normalized spacial score (nSPS) is 19.7. The molecule has 3 heterocycles. The summed E-state index contributed by atoms with van der Waals surface area (Å²) in [7, 11) is 1.36. The lowest BCUT2D eigenvalue weighted by Gasteiger charge is -2.37. The minimum atomic E-state index is -1.83. The molecule has 2 aliphatic rings. The number of aliphatic hydroxyl groups is 1. The molecule has 87 heavy (non-hydrogen) atoms.